The molecule has 1 unspecified atom stereocenters. The van der Waals surface area contributed by atoms with E-state index in [4.69, 9.17) is 16.0 Å². The second-order valence-electron chi connectivity index (χ2n) is 7.84. The van der Waals surface area contributed by atoms with Crippen LogP contribution in [0.3, 0.4) is 0 Å². The Labute approximate surface area is 202 Å². The maximum absolute atomic E-state index is 13.6. The molecule has 6 rings (SSSR count). The van der Waals surface area contributed by atoms with E-state index in [9.17, 15) is 14.7 Å². The normalized spacial score (nSPS) is 16.2. The van der Waals surface area contributed by atoms with Gasteiger partial charge in [0.05, 0.1) is 21.8 Å². The van der Waals surface area contributed by atoms with E-state index < -0.39 is 23.5 Å². The Morgan fingerprint density at radius 1 is 1.03 bits per heavy atom. The average molecular weight is 487 g/mol. The van der Waals surface area contributed by atoms with Crippen molar-refractivity contribution in [3.8, 4) is 0 Å². The van der Waals surface area contributed by atoms with Crippen molar-refractivity contribution in [2.75, 3.05) is 4.90 Å². The van der Waals surface area contributed by atoms with E-state index in [1.807, 2.05) is 36.4 Å². The summed E-state index contributed by atoms with van der Waals surface area (Å²) in [5.41, 5.74) is 1.83. The molecule has 166 valence electrons. The van der Waals surface area contributed by atoms with Gasteiger partial charge in [0.15, 0.2) is 16.7 Å². The topological polar surface area (TPSA) is 83.6 Å². The summed E-state index contributed by atoms with van der Waals surface area (Å²) in [5, 5.41) is 12.6. The molecule has 1 aliphatic heterocycles. The van der Waals surface area contributed by atoms with Crippen molar-refractivity contribution in [1.82, 2.24) is 4.98 Å². The summed E-state index contributed by atoms with van der Waals surface area (Å²) in [5.74, 6) is -1.81. The number of thiazole rings is 1. The van der Waals surface area contributed by atoms with E-state index in [1.54, 1.807) is 42.5 Å². The van der Waals surface area contributed by atoms with Crippen LogP contribution in [0.25, 0.3) is 21.2 Å². The van der Waals surface area contributed by atoms with Crippen LogP contribution in [0, 0.1) is 0 Å². The van der Waals surface area contributed by atoms with Gasteiger partial charge in [-0.05, 0) is 35.9 Å². The van der Waals surface area contributed by atoms with Gasteiger partial charge in [-0.3, -0.25) is 14.5 Å². The lowest BCUT2D eigenvalue weighted by Crippen LogP contribution is -2.30. The minimum absolute atomic E-state index is 0.0486. The summed E-state index contributed by atoms with van der Waals surface area (Å²) in [6.45, 7) is 0. The Bertz CT molecular complexity index is 1600. The van der Waals surface area contributed by atoms with Crippen molar-refractivity contribution in [2.45, 2.75) is 6.04 Å². The van der Waals surface area contributed by atoms with E-state index in [2.05, 4.69) is 4.98 Å². The van der Waals surface area contributed by atoms with Gasteiger partial charge in [0, 0.05) is 10.4 Å². The number of Topliss-reactive ketones (excluding diaryl/α,β-unsaturated/α-hetero) is 1. The molecule has 1 amide bonds. The first-order valence-corrected chi connectivity index (χ1v) is 11.6. The number of aliphatic hydroxyl groups is 1. The molecule has 0 saturated carbocycles. The fraction of sp³-hybridized carbons (Fsp3) is 0.0385. The Morgan fingerprint density at radius 3 is 2.59 bits per heavy atom. The van der Waals surface area contributed by atoms with Gasteiger partial charge in [0.1, 0.15) is 5.58 Å². The van der Waals surface area contributed by atoms with E-state index in [-0.39, 0.29) is 11.3 Å². The Morgan fingerprint density at radius 2 is 1.79 bits per heavy atom. The van der Waals surface area contributed by atoms with Gasteiger partial charge in [-0.1, -0.05) is 71.5 Å². The number of furan rings is 1. The van der Waals surface area contributed by atoms with Crippen LogP contribution in [-0.4, -0.2) is 21.8 Å². The van der Waals surface area contributed by atoms with Crippen LogP contribution < -0.4 is 4.90 Å². The van der Waals surface area contributed by atoms with E-state index >= 15 is 0 Å². The number of carbonyl (C=O) groups excluding carboxylic acids is 2. The molecular weight excluding hydrogens is 472 g/mol. The lowest BCUT2D eigenvalue weighted by atomic mass is 9.95. The number of hydrogen-bond acceptors (Lipinski definition) is 6. The van der Waals surface area contributed by atoms with Crippen LogP contribution in [0.4, 0.5) is 5.13 Å². The fourth-order valence-electron chi connectivity index (χ4n) is 4.20. The van der Waals surface area contributed by atoms with Crippen LogP contribution >= 0.6 is 22.9 Å². The molecule has 1 aliphatic rings. The standard InChI is InChI=1S/C26H15ClN2O4S/c27-16-10-11-17-20(13-16)34-26(28-17)29-22(14-6-2-1-3-7-14)21(24(31)25(29)32)23(30)19-12-15-8-4-5-9-18(15)33-19/h1-13,22,31H. The lowest BCUT2D eigenvalue weighted by Gasteiger charge is -2.24. The molecule has 0 saturated heterocycles. The molecule has 1 atom stereocenters. The molecule has 5 aromatic rings. The monoisotopic (exact) mass is 486 g/mol. The van der Waals surface area contributed by atoms with Gasteiger partial charge >= 0.3 is 0 Å². The molecule has 2 aromatic heterocycles. The molecule has 1 N–H and O–H groups in total. The van der Waals surface area contributed by atoms with Crippen molar-refractivity contribution in [1.29, 1.82) is 0 Å². The number of para-hydroxylation sites is 1. The lowest BCUT2D eigenvalue weighted by molar-refractivity contribution is -0.117. The predicted molar refractivity (Wildman–Crippen MR) is 131 cm³/mol. The van der Waals surface area contributed by atoms with Crippen LogP contribution in [0.5, 0.6) is 0 Å². The first-order valence-electron chi connectivity index (χ1n) is 10.4. The summed E-state index contributed by atoms with van der Waals surface area (Å²) < 4.78 is 6.55. The summed E-state index contributed by atoms with van der Waals surface area (Å²) in [4.78, 5) is 32.9. The number of carbonyl (C=O) groups is 2. The van der Waals surface area contributed by atoms with Gasteiger partial charge in [-0.2, -0.15) is 0 Å². The van der Waals surface area contributed by atoms with E-state index in [0.717, 1.165) is 10.1 Å². The number of benzene rings is 3. The fourth-order valence-corrected chi connectivity index (χ4v) is 5.47. The van der Waals surface area contributed by atoms with E-state index in [0.29, 0.717) is 26.8 Å². The van der Waals surface area contributed by atoms with Crippen LogP contribution in [-0.2, 0) is 4.79 Å². The Kier molecular flexibility index (Phi) is 4.76. The third-order valence-corrected chi connectivity index (χ3v) is 7.02. The molecule has 3 aromatic carbocycles. The largest absolute Gasteiger partial charge is 0.503 e. The van der Waals surface area contributed by atoms with Crippen LogP contribution in [0.2, 0.25) is 5.02 Å². The summed E-state index contributed by atoms with van der Waals surface area (Å²) in [6, 6.07) is 22.3. The molecule has 0 spiro atoms. The molecular formula is C26H15ClN2O4S. The third kappa shape index (κ3) is 3.21. The molecule has 0 fully saturated rings. The Hall–Kier alpha value is -3.94. The second kappa shape index (κ2) is 7.83. The summed E-state index contributed by atoms with van der Waals surface area (Å²) >= 11 is 7.39. The number of amides is 1. The molecule has 6 nitrogen and oxygen atoms in total. The number of hydrogen-bond donors (Lipinski definition) is 1. The van der Waals surface area contributed by atoms with Crippen molar-refractivity contribution >= 4 is 60.9 Å². The first kappa shape index (κ1) is 20.7. The first-order chi connectivity index (χ1) is 16.5. The number of fused-ring (bicyclic) bond motifs is 2. The van der Waals surface area contributed by atoms with Crippen molar-refractivity contribution in [3.63, 3.8) is 0 Å². The van der Waals surface area contributed by atoms with E-state index in [1.165, 1.54) is 16.2 Å². The average Bonchev–Trinajstić information content (AvgIpc) is 3.53. The van der Waals surface area contributed by atoms with Crippen LogP contribution in [0.15, 0.2) is 94.6 Å². The summed E-state index contributed by atoms with van der Waals surface area (Å²) in [6.07, 6.45) is 0. The zero-order valence-electron chi connectivity index (χ0n) is 17.4. The minimum Gasteiger partial charge on any atom is -0.503 e. The molecule has 0 aliphatic carbocycles. The highest BCUT2D eigenvalue weighted by Crippen LogP contribution is 2.44. The van der Waals surface area contributed by atoms with Crippen LogP contribution in [0.1, 0.15) is 22.2 Å². The minimum atomic E-state index is -0.870. The zero-order valence-corrected chi connectivity index (χ0v) is 19.0. The summed E-state index contributed by atoms with van der Waals surface area (Å²) in [7, 11) is 0. The third-order valence-electron chi connectivity index (χ3n) is 5.76. The highest BCUT2D eigenvalue weighted by Gasteiger charge is 2.46. The quantitative estimate of drug-likeness (QED) is 0.294. The van der Waals surface area contributed by atoms with Gasteiger partial charge in [0.2, 0.25) is 5.78 Å². The zero-order chi connectivity index (χ0) is 23.4. The number of nitrogens with zero attached hydrogens (tertiary/aromatic N) is 2. The number of anilines is 1. The van der Waals surface area contributed by atoms with Crippen molar-refractivity contribution < 1.29 is 19.1 Å². The van der Waals surface area contributed by atoms with Gasteiger partial charge in [-0.25, -0.2) is 4.98 Å². The van der Waals surface area contributed by atoms with Crippen molar-refractivity contribution in [2.24, 2.45) is 0 Å². The highest BCUT2D eigenvalue weighted by atomic mass is 35.5. The smallest absolute Gasteiger partial charge is 0.296 e. The maximum Gasteiger partial charge on any atom is 0.296 e. The highest BCUT2D eigenvalue weighted by molar-refractivity contribution is 7.22. The molecule has 0 radical (unpaired) electrons. The number of aromatic nitrogens is 1. The molecule has 8 heteroatoms. The van der Waals surface area contributed by atoms with Gasteiger partial charge < -0.3 is 9.52 Å². The number of ketones is 1. The molecule has 0 bridgehead atoms. The molecule has 3 heterocycles. The maximum atomic E-state index is 13.6. The number of aliphatic hydroxyl groups excluding tert-OH is 1. The number of halogens is 1. The van der Waals surface area contributed by atoms with Crippen molar-refractivity contribution in [3.05, 3.63) is 107 Å². The molecule has 34 heavy (non-hydrogen) atoms. The number of rotatable bonds is 4. The second-order valence-corrected chi connectivity index (χ2v) is 9.28. The Balaban J connectivity index is 1.51. The van der Waals surface area contributed by atoms with Gasteiger partial charge in [0.25, 0.3) is 5.91 Å². The van der Waals surface area contributed by atoms with Gasteiger partial charge in [-0.15, -0.1) is 0 Å². The predicted octanol–water partition coefficient (Wildman–Crippen LogP) is 6.48. The SMILES string of the molecule is O=C(C1=C(O)C(=O)N(c2nc3ccc(Cl)cc3s2)C1c1ccccc1)c1cc2ccccc2o1.